The van der Waals surface area contributed by atoms with Gasteiger partial charge in [-0.05, 0) is 37.2 Å². The van der Waals surface area contributed by atoms with Crippen LogP contribution in [-0.2, 0) is 0 Å². The lowest BCUT2D eigenvalue weighted by molar-refractivity contribution is 0.499. The van der Waals surface area contributed by atoms with Crippen molar-refractivity contribution in [2.45, 2.75) is 13.0 Å². The fourth-order valence-corrected chi connectivity index (χ4v) is 2.72. The minimum Gasteiger partial charge on any atom is -0.309 e. The van der Waals surface area contributed by atoms with E-state index in [2.05, 4.69) is 21.2 Å². The van der Waals surface area contributed by atoms with Crippen LogP contribution in [0.5, 0.6) is 0 Å². The Morgan fingerprint density at radius 3 is 2.15 bits per heavy atom. The molecule has 2 aromatic carbocycles. The molecule has 0 saturated heterocycles. The highest BCUT2D eigenvalue weighted by molar-refractivity contribution is 9.10. The second kappa shape index (κ2) is 5.97. The van der Waals surface area contributed by atoms with Crippen LogP contribution < -0.4 is 5.32 Å². The highest BCUT2D eigenvalue weighted by Gasteiger charge is 2.23. The van der Waals surface area contributed by atoms with Crippen LogP contribution in [0.25, 0.3) is 0 Å². The first-order valence-electron chi connectivity index (χ1n) is 6.01. The van der Waals surface area contributed by atoms with Gasteiger partial charge in [0, 0.05) is 22.2 Å². The second-order valence-corrected chi connectivity index (χ2v) is 5.42. The molecule has 0 radical (unpaired) electrons. The molecule has 0 aliphatic heterocycles. The smallest absolute Gasteiger partial charge is 0.134 e. The third-order valence-electron chi connectivity index (χ3n) is 3.16. The lowest BCUT2D eigenvalue weighted by atomic mass is 9.94. The average molecular weight is 344 g/mol. The Morgan fingerprint density at radius 2 is 1.65 bits per heavy atom. The van der Waals surface area contributed by atoms with Crippen LogP contribution >= 0.6 is 15.9 Å². The van der Waals surface area contributed by atoms with E-state index in [0.717, 1.165) is 15.6 Å². The van der Waals surface area contributed by atoms with E-state index < -0.39 is 23.5 Å². The number of halogens is 4. The molecule has 1 unspecified atom stereocenters. The van der Waals surface area contributed by atoms with Crippen LogP contribution in [0.15, 0.2) is 34.8 Å². The maximum atomic E-state index is 13.9. The maximum Gasteiger partial charge on any atom is 0.134 e. The molecule has 2 aromatic rings. The molecule has 1 N–H and O–H groups in total. The van der Waals surface area contributed by atoms with Crippen molar-refractivity contribution in [3.8, 4) is 0 Å². The SMILES string of the molecule is CNC(c1ccc(Br)cc1C)c1c(F)cc(F)cc1F. The monoisotopic (exact) mass is 343 g/mol. The summed E-state index contributed by atoms with van der Waals surface area (Å²) in [6.45, 7) is 1.85. The Bertz CT molecular complexity index is 620. The molecule has 0 spiro atoms. The average Bonchev–Trinajstić information content (AvgIpc) is 2.34. The largest absolute Gasteiger partial charge is 0.309 e. The van der Waals surface area contributed by atoms with Crippen molar-refractivity contribution in [3.63, 3.8) is 0 Å². The van der Waals surface area contributed by atoms with Crippen LogP contribution in [0.4, 0.5) is 13.2 Å². The van der Waals surface area contributed by atoms with Gasteiger partial charge in [0.25, 0.3) is 0 Å². The first-order valence-corrected chi connectivity index (χ1v) is 6.81. The van der Waals surface area contributed by atoms with Gasteiger partial charge in [0.2, 0.25) is 0 Å². The molecule has 0 heterocycles. The van der Waals surface area contributed by atoms with Crippen LogP contribution in [-0.4, -0.2) is 7.05 Å². The zero-order chi connectivity index (χ0) is 14.9. The highest BCUT2D eigenvalue weighted by Crippen LogP contribution is 2.30. The number of aryl methyl sites for hydroxylation is 1. The molecular weight excluding hydrogens is 331 g/mol. The van der Waals surface area contributed by atoms with E-state index in [9.17, 15) is 13.2 Å². The molecule has 0 aliphatic carbocycles. The fourth-order valence-electron chi connectivity index (χ4n) is 2.25. The van der Waals surface area contributed by atoms with Crippen molar-refractivity contribution >= 4 is 15.9 Å². The first kappa shape index (κ1) is 15.1. The molecule has 2 rings (SSSR count). The van der Waals surface area contributed by atoms with Gasteiger partial charge in [-0.3, -0.25) is 0 Å². The standard InChI is InChI=1S/C15H13BrF3N/c1-8-5-9(16)3-4-11(8)15(20-2)14-12(18)6-10(17)7-13(14)19/h3-7,15,20H,1-2H3. The summed E-state index contributed by atoms with van der Waals surface area (Å²) in [7, 11) is 1.61. The van der Waals surface area contributed by atoms with Gasteiger partial charge in [-0.25, -0.2) is 13.2 Å². The van der Waals surface area contributed by atoms with Crippen LogP contribution in [0.3, 0.4) is 0 Å². The van der Waals surface area contributed by atoms with Gasteiger partial charge >= 0.3 is 0 Å². The molecule has 1 nitrogen and oxygen atoms in total. The maximum absolute atomic E-state index is 13.9. The van der Waals surface area contributed by atoms with E-state index in [1.165, 1.54) is 0 Å². The quantitative estimate of drug-likeness (QED) is 0.866. The van der Waals surface area contributed by atoms with Gasteiger partial charge in [0.05, 0.1) is 6.04 Å². The van der Waals surface area contributed by atoms with E-state index in [0.29, 0.717) is 12.1 Å². The minimum absolute atomic E-state index is 0.181. The molecule has 0 aliphatic rings. The molecule has 0 saturated carbocycles. The highest BCUT2D eigenvalue weighted by atomic mass is 79.9. The summed E-state index contributed by atoms with van der Waals surface area (Å²) < 4.78 is 41.7. The summed E-state index contributed by atoms with van der Waals surface area (Å²) in [4.78, 5) is 0. The summed E-state index contributed by atoms with van der Waals surface area (Å²) in [6, 6.07) is 6.14. The minimum atomic E-state index is -0.925. The van der Waals surface area contributed by atoms with E-state index in [4.69, 9.17) is 0 Å². The molecule has 5 heteroatoms. The summed E-state index contributed by atoms with van der Waals surface area (Å²) in [5, 5.41) is 2.88. The van der Waals surface area contributed by atoms with Crippen molar-refractivity contribution in [2.24, 2.45) is 0 Å². The third kappa shape index (κ3) is 2.88. The van der Waals surface area contributed by atoms with E-state index in [-0.39, 0.29) is 5.56 Å². The zero-order valence-corrected chi connectivity index (χ0v) is 12.6. The normalized spacial score (nSPS) is 12.5. The summed E-state index contributed by atoms with van der Waals surface area (Å²) >= 11 is 3.34. The molecule has 1 atom stereocenters. The Hall–Kier alpha value is -1.33. The van der Waals surface area contributed by atoms with Gasteiger partial charge in [0.15, 0.2) is 0 Å². The molecule has 0 amide bonds. The predicted molar refractivity (Wildman–Crippen MR) is 76.1 cm³/mol. The Morgan fingerprint density at radius 1 is 1.05 bits per heavy atom. The number of benzene rings is 2. The van der Waals surface area contributed by atoms with Gasteiger partial charge in [-0.15, -0.1) is 0 Å². The van der Waals surface area contributed by atoms with Gasteiger partial charge < -0.3 is 5.32 Å². The summed E-state index contributed by atoms with van der Waals surface area (Å²) in [5.41, 5.74) is 1.43. The fraction of sp³-hybridized carbons (Fsp3) is 0.200. The Balaban J connectivity index is 2.58. The zero-order valence-electron chi connectivity index (χ0n) is 11.0. The number of hydrogen-bond acceptors (Lipinski definition) is 1. The molecule has 0 fully saturated rings. The van der Waals surface area contributed by atoms with E-state index in [1.54, 1.807) is 19.2 Å². The van der Waals surface area contributed by atoms with Crippen molar-refractivity contribution < 1.29 is 13.2 Å². The molecule has 20 heavy (non-hydrogen) atoms. The lowest BCUT2D eigenvalue weighted by Crippen LogP contribution is -2.21. The molecule has 0 bridgehead atoms. The topological polar surface area (TPSA) is 12.0 Å². The van der Waals surface area contributed by atoms with Crippen molar-refractivity contribution in [2.75, 3.05) is 7.05 Å². The summed E-state index contributed by atoms with van der Waals surface area (Å²) in [6.07, 6.45) is 0. The number of nitrogens with one attached hydrogen (secondary N) is 1. The van der Waals surface area contributed by atoms with E-state index in [1.807, 2.05) is 13.0 Å². The predicted octanol–water partition coefficient (Wildman–Crippen LogP) is 4.48. The van der Waals surface area contributed by atoms with Crippen molar-refractivity contribution in [1.29, 1.82) is 0 Å². The lowest BCUT2D eigenvalue weighted by Gasteiger charge is -2.21. The molecule has 106 valence electrons. The van der Waals surface area contributed by atoms with Gasteiger partial charge in [0.1, 0.15) is 17.5 Å². The first-order chi connectivity index (χ1) is 9.43. The van der Waals surface area contributed by atoms with Crippen LogP contribution in [0, 0.1) is 24.4 Å². The third-order valence-corrected chi connectivity index (χ3v) is 3.66. The summed E-state index contributed by atoms with van der Waals surface area (Å²) in [5.74, 6) is -2.72. The van der Waals surface area contributed by atoms with Crippen molar-refractivity contribution in [3.05, 3.63) is 68.9 Å². The number of rotatable bonds is 3. The van der Waals surface area contributed by atoms with Crippen molar-refractivity contribution in [1.82, 2.24) is 5.32 Å². The van der Waals surface area contributed by atoms with Crippen LogP contribution in [0.1, 0.15) is 22.7 Å². The molecular formula is C15H13BrF3N. The van der Waals surface area contributed by atoms with E-state index >= 15 is 0 Å². The second-order valence-electron chi connectivity index (χ2n) is 4.51. The van der Waals surface area contributed by atoms with Crippen LogP contribution in [0.2, 0.25) is 0 Å². The van der Waals surface area contributed by atoms with Gasteiger partial charge in [-0.2, -0.15) is 0 Å². The number of hydrogen-bond donors (Lipinski definition) is 1. The van der Waals surface area contributed by atoms with Gasteiger partial charge in [-0.1, -0.05) is 22.0 Å². The Kier molecular flexibility index (Phi) is 4.50. The Labute approximate surface area is 123 Å². The molecule has 0 aromatic heterocycles.